The molecule has 26 heavy (non-hydrogen) atoms. The van der Waals surface area contributed by atoms with Crippen molar-refractivity contribution in [2.45, 2.75) is 32.2 Å². The van der Waals surface area contributed by atoms with Crippen LogP contribution in [0.1, 0.15) is 35.1 Å². The number of halogens is 1. The summed E-state index contributed by atoms with van der Waals surface area (Å²) in [5.41, 5.74) is 7.16. The molecule has 1 aliphatic carbocycles. The molecule has 1 atom stereocenters. The number of hydrogen-bond donors (Lipinski definition) is 2. The number of nitrogens with two attached hydrogens (primary N) is 1. The van der Waals surface area contributed by atoms with Gasteiger partial charge in [0.1, 0.15) is 10.6 Å². The van der Waals surface area contributed by atoms with E-state index in [1.807, 2.05) is 19.9 Å². The molecule has 1 aromatic carbocycles. The Labute approximate surface area is 155 Å². The number of benzene rings is 1. The first-order valence-corrected chi connectivity index (χ1v) is 9.50. The first-order valence-electron chi connectivity index (χ1n) is 8.69. The lowest BCUT2D eigenvalue weighted by Gasteiger charge is -2.29. The molecule has 3 aromatic rings. The topological polar surface area (TPSA) is 72.9 Å². The Morgan fingerprint density at radius 3 is 2.73 bits per heavy atom. The fourth-order valence-electron chi connectivity index (χ4n) is 3.28. The summed E-state index contributed by atoms with van der Waals surface area (Å²) in [5, 5.41) is 8.59. The molecule has 5 nitrogen and oxygen atoms in total. The molecule has 2 aromatic heterocycles. The number of amides is 1. The van der Waals surface area contributed by atoms with Crippen LogP contribution in [0.3, 0.4) is 0 Å². The maximum atomic E-state index is 13.2. The molecule has 1 aliphatic rings. The summed E-state index contributed by atoms with van der Waals surface area (Å²) < 4.78 is 15.0. The highest BCUT2D eigenvalue weighted by Crippen LogP contribution is 2.39. The Morgan fingerprint density at radius 2 is 2.12 bits per heavy atom. The van der Waals surface area contributed by atoms with Crippen molar-refractivity contribution in [2.75, 3.05) is 6.54 Å². The summed E-state index contributed by atoms with van der Waals surface area (Å²) in [6, 6.07) is 8.05. The van der Waals surface area contributed by atoms with E-state index in [1.54, 1.807) is 16.8 Å². The third kappa shape index (κ3) is 2.91. The van der Waals surface area contributed by atoms with E-state index in [0.717, 1.165) is 34.4 Å². The van der Waals surface area contributed by atoms with Crippen LogP contribution in [0.25, 0.3) is 15.9 Å². The number of carbonyl (C=O) groups excluding carboxylic acids is 1. The highest BCUT2D eigenvalue weighted by molar-refractivity contribution is 7.20. The zero-order valence-corrected chi connectivity index (χ0v) is 15.6. The summed E-state index contributed by atoms with van der Waals surface area (Å²) in [6.45, 7) is 4.35. The molecule has 0 aliphatic heterocycles. The average molecular weight is 372 g/mol. The van der Waals surface area contributed by atoms with E-state index in [4.69, 9.17) is 5.73 Å². The van der Waals surface area contributed by atoms with Crippen molar-refractivity contribution < 1.29 is 9.18 Å². The molecule has 1 saturated carbocycles. The zero-order valence-electron chi connectivity index (χ0n) is 14.8. The lowest BCUT2D eigenvalue weighted by Crippen LogP contribution is -2.53. The van der Waals surface area contributed by atoms with Gasteiger partial charge in [-0.25, -0.2) is 9.07 Å². The predicted octanol–water partition coefficient (Wildman–Crippen LogP) is 3.39. The summed E-state index contributed by atoms with van der Waals surface area (Å²) in [6.07, 6.45) is 2.22. The van der Waals surface area contributed by atoms with Gasteiger partial charge in [-0.05, 0) is 62.9 Å². The number of rotatable bonds is 5. The largest absolute Gasteiger partial charge is 0.345 e. The summed E-state index contributed by atoms with van der Waals surface area (Å²) in [7, 11) is 0. The summed E-state index contributed by atoms with van der Waals surface area (Å²) >= 11 is 1.39. The van der Waals surface area contributed by atoms with Gasteiger partial charge >= 0.3 is 0 Å². The monoisotopic (exact) mass is 372 g/mol. The van der Waals surface area contributed by atoms with Crippen molar-refractivity contribution in [3.8, 4) is 5.69 Å². The third-order valence-electron chi connectivity index (χ3n) is 5.14. The SMILES string of the molecule is Cc1nn(-c2ccc(F)cc2)c2sc(C(=O)NC(C)(CN)C3CC3)cc12. The Kier molecular flexibility index (Phi) is 4.08. The van der Waals surface area contributed by atoms with Crippen LogP contribution < -0.4 is 11.1 Å². The van der Waals surface area contributed by atoms with Gasteiger partial charge in [0.2, 0.25) is 0 Å². The number of aromatic nitrogens is 2. The van der Waals surface area contributed by atoms with Crippen LogP contribution in [-0.4, -0.2) is 27.8 Å². The molecule has 3 N–H and O–H groups in total. The number of nitrogens with zero attached hydrogens (tertiary/aromatic N) is 2. The third-order valence-corrected chi connectivity index (χ3v) is 6.25. The standard InChI is InChI=1S/C19H21FN4OS/c1-11-15-9-16(17(25)22-19(2,10-21)12-3-4-12)26-18(15)24(23-11)14-7-5-13(20)6-8-14/h5-9,12H,3-4,10,21H2,1-2H3,(H,22,25). The van der Waals surface area contributed by atoms with Crippen LogP contribution in [0.15, 0.2) is 30.3 Å². The fraction of sp³-hybridized carbons (Fsp3) is 0.368. The molecular weight excluding hydrogens is 351 g/mol. The van der Waals surface area contributed by atoms with Crippen molar-refractivity contribution in [2.24, 2.45) is 11.7 Å². The number of nitrogens with one attached hydrogen (secondary N) is 1. The number of aryl methyl sites for hydroxylation is 1. The van der Waals surface area contributed by atoms with Crippen molar-refractivity contribution >= 4 is 27.5 Å². The molecule has 1 unspecified atom stereocenters. The Bertz CT molecular complexity index is 974. The van der Waals surface area contributed by atoms with Crippen molar-refractivity contribution in [1.29, 1.82) is 0 Å². The van der Waals surface area contributed by atoms with E-state index in [9.17, 15) is 9.18 Å². The molecule has 1 amide bonds. The van der Waals surface area contributed by atoms with E-state index in [-0.39, 0.29) is 17.3 Å². The molecule has 1 fully saturated rings. The second-order valence-corrected chi connectivity index (χ2v) is 8.18. The highest BCUT2D eigenvalue weighted by atomic mass is 32.1. The normalized spacial score (nSPS) is 16.6. The number of hydrogen-bond acceptors (Lipinski definition) is 4. The van der Waals surface area contributed by atoms with Gasteiger partial charge in [0.25, 0.3) is 5.91 Å². The van der Waals surface area contributed by atoms with Crippen LogP contribution >= 0.6 is 11.3 Å². The van der Waals surface area contributed by atoms with E-state index in [2.05, 4.69) is 10.4 Å². The minimum absolute atomic E-state index is 0.101. The molecule has 4 rings (SSSR count). The van der Waals surface area contributed by atoms with Gasteiger partial charge in [-0.1, -0.05) is 0 Å². The van der Waals surface area contributed by atoms with Gasteiger partial charge in [-0.3, -0.25) is 4.79 Å². The predicted molar refractivity (Wildman–Crippen MR) is 101 cm³/mol. The maximum absolute atomic E-state index is 13.2. The van der Waals surface area contributed by atoms with Crippen molar-refractivity contribution in [1.82, 2.24) is 15.1 Å². The second kappa shape index (κ2) is 6.17. The molecule has 136 valence electrons. The molecule has 2 heterocycles. The summed E-state index contributed by atoms with van der Waals surface area (Å²) in [4.78, 5) is 14.3. The van der Waals surface area contributed by atoms with E-state index in [0.29, 0.717) is 17.3 Å². The van der Waals surface area contributed by atoms with E-state index >= 15 is 0 Å². The summed E-state index contributed by atoms with van der Waals surface area (Å²) in [5.74, 6) is 0.0691. The van der Waals surface area contributed by atoms with E-state index < -0.39 is 0 Å². The van der Waals surface area contributed by atoms with Crippen LogP contribution in [0.4, 0.5) is 4.39 Å². The molecular formula is C19H21FN4OS. The molecule has 0 saturated heterocycles. The Hall–Kier alpha value is -2.25. The fourth-order valence-corrected chi connectivity index (χ4v) is 4.36. The quantitative estimate of drug-likeness (QED) is 0.721. The number of fused-ring (bicyclic) bond motifs is 1. The zero-order chi connectivity index (χ0) is 18.5. The second-order valence-electron chi connectivity index (χ2n) is 7.15. The molecule has 0 spiro atoms. The minimum Gasteiger partial charge on any atom is -0.345 e. The average Bonchev–Trinajstić information content (AvgIpc) is 3.32. The van der Waals surface area contributed by atoms with E-state index in [1.165, 1.54) is 23.5 Å². The Morgan fingerprint density at radius 1 is 1.42 bits per heavy atom. The van der Waals surface area contributed by atoms with Crippen LogP contribution in [0.2, 0.25) is 0 Å². The smallest absolute Gasteiger partial charge is 0.261 e. The maximum Gasteiger partial charge on any atom is 0.261 e. The minimum atomic E-state index is -0.356. The number of carbonyl (C=O) groups is 1. The first-order chi connectivity index (χ1) is 12.4. The highest BCUT2D eigenvalue weighted by Gasteiger charge is 2.41. The van der Waals surface area contributed by atoms with Crippen molar-refractivity contribution in [3.05, 3.63) is 46.7 Å². The van der Waals surface area contributed by atoms with Crippen LogP contribution in [0.5, 0.6) is 0 Å². The lowest BCUT2D eigenvalue weighted by molar-refractivity contribution is 0.0902. The van der Waals surface area contributed by atoms with Gasteiger partial charge in [0.05, 0.1) is 21.8 Å². The molecule has 0 radical (unpaired) electrons. The Balaban J connectivity index is 1.68. The lowest BCUT2D eigenvalue weighted by atomic mass is 9.96. The van der Waals surface area contributed by atoms with Gasteiger partial charge in [0, 0.05) is 11.9 Å². The molecule has 0 bridgehead atoms. The van der Waals surface area contributed by atoms with Crippen molar-refractivity contribution in [3.63, 3.8) is 0 Å². The van der Waals surface area contributed by atoms with Crippen LogP contribution in [-0.2, 0) is 0 Å². The van der Waals surface area contributed by atoms with Gasteiger partial charge in [0.15, 0.2) is 0 Å². The van der Waals surface area contributed by atoms with Gasteiger partial charge < -0.3 is 11.1 Å². The first kappa shape index (κ1) is 17.2. The molecule has 7 heteroatoms. The van der Waals surface area contributed by atoms with Crippen LogP contribution in [0, 0.1) is 18.7 Å². The van der Waals surface area contributed by atoms with Gasteiger partial charge in [-0.15, -0.1) is 11.3 Å². The number of thiophene rings is 1. The van der Waals surface area contributed by atoms with Gasteiger partial charge in [-0.2, -0.15) is 5.10 Å².